The van der Waals surface area contributed by atoms with Crippen LogP contribution in [0.4, 0.5) is 18.9 Å². The third-order valence-corrected chi connectivity index (χ3v) is 8.23. The van der Waals surface area contributed by atoms with Crippen molar-refractivity contribution in [1.82, 2.24) is 9.71 Å². The van der Waals surface area contributed by atoms with E-state index in [2.05, 4.69) is 9.71 Å². The first-order valence-electron chi connectivity index (χ1n) is 12.8. The van der Waals surface area contributed by atoms with Crippen LogP contribution in [0, 0.1) is 5.92 Å². The topological polar surface area (TPSA) is 96.4 Å². The summed E-state index contributed by atoms with van der Waals surface area (Å²) in [4.78, 5) is 31.0. The van der Waals surface area contributed by atoms with Crippen molar-refractivity contribution in [2.45, 2.75) is 63.0 Å². The van der Waals surface area contributed by atoms with Crippen LogP contribution in [0.1, 0.15) is 61.8 Å². The zero-order valence-corrected chi connectivity index (χ0v) is 22.1. The maximum absolute atomic E-state index is 13.2. The van der Waals surface area contributed by atoms with E-state index in [1.54, 1.807) is 4.90 Å². The van der Waals surface area contributed by atoms with E-state index in [4.69, 9.17) is 0 Å². The van der Waals surface area contributed by atoms with Crippen LogP contribution in [0.15, 0.2) is 42.6 Å². The largest absolute Gasteiger partial charge is 0.433 e. The second kappa shape index (κ2) is 11.1. The Labute approximate surface area is 220 Å². The number of carbonyl (C=O) groups excluding carboxylic acids is 2. The molecule has 1 atom stereocenters. The van der Waals surface area contributed by atoms with E-state index < -0.39 is 27.8 Å². The Hall–Kier alpha value is -2.79. The molecule has 0 bridgehead atoms. The Morgan fingerprint density at radius 1 is 1.11 bits per heavy atom. The standard InChI is InChI=1S/C27H32F3N3O4S/c1-38(36,37)32-18-26(12-2-3-13-26)21-7-9-22(10-8-21)33-14-4-5-20(25(33)35)16-23(34)15-19-6-11-24(31-17-19)27(28,29)30/h6-11,17,20,32H,2-5,12-16,18H2,1H3/t20-/m1/s1. The van der Waals surface area contributed by atoms with E-state index in [0.29, 0.717) is 25.1 Å². The lowest BCUT2D eigenvalue weighted by Crippen LogP contribution is -2.42. The predicted molar refractivity (Wildman–Crippen MR) is 137 cm³/mol. The van der Waals surface area contributed by atoms with Crippen molar-refractivity contribution in [3.63, 3.8) is 0 Å². The number of amides is 1. The number of aromatic nitrogens is 1. The lowest BCUT2D eigenvalue weighted by molar-refractivity contribution is -0.141. The molecule has 206 valence electrons. The van der Waals surface area contributed by atoms with Gasteiger partial charge >= 0.3 is 6.18 Å². The molecule has 1 N–H and O–H groups in total. The molecule has 38 heavy (non-hydrogen) atoms. The number of rotatable bonds is 9. The number of hydrogen-bond acceptors (Lipinski definition) is 5. The summed E-state index contributed by atoms with van der Waals surface area (Å²) in [6.45, 7) is 0.874. The molecule has 7 nitrogen and oxygen atoms in total. The Morgan fingerprint density at radius 2 is 1.79 bits per heavy atom. The molecule has 11 heteroatoms. The maximum Gasteiger partial charge on any atom is 0.433 e. The van der Waals surface area contributed by atoms with Crippen molar-refractivity contribution in [1.29, 1.82) is 0 Å². The molecule has 2 heterocycles. The number of alkyl halides is 3. The first-order valence-corrected chi connectivity index (χ1v) is 14.7. The molecule has 1 aromatic carbocycles. The van der Waals surface area contributed by atoms with Crippen LogP contribution >= 0.6 is 0 Å². The normalized spacial score (nSPS) is 20.1. The van der Waals surface area contributed by atoms with Crippen LogP contribution < -0.4 is 9.62 Å². The third kappa shape index (κ3) is 6.79. The van der Waals surface area contributed by atoms with Crippen LogP contribution in [0.3, 0.4) is 0 Å². The SMILES string of the molecule is CS(=O)(=O)NCC1(c2ccc(N3CCC[C@H](CC(=O)Cc4ccc(C(F)(F)F)nc4)C3=O)cc2)CCCC1. The molecule has 2 aromatic rings. The van der Waals surface area contributed by atoms with E-state index in [9.17, 15) is 31.2 Å². The lowest BCUT2D eigenvalue weighted by atomic mass is 9.79. The van der Waals surface area contributed by atoms with E-state index in [1.165, 1.54) is 6.07 Å². The van der Waals surface area contributed by atoms with Gasteiger partial charge in [0.15, 0.2) is 0 Å². The van der Waals surface area contributed by atoms with Gasteiger partial charge in [-0.3, -0.25) is 14.6 Å². The van der Waals surface area contributed by atoms with E-state index in [-0.39, 0.29) is 29.9 Å². The molecule has 1 saturated carbocycles. The number of nitrogens with one attached hydrogen (secondary N) is 1. The number of benzene rings is 1. The van der Waals surface area contributed by atoms with E-state index in [0.717, 1.165) is 61.9 Å². The van der Waals surface area contributed by atoms with Crippen LogP contribution in [-0.2, 0) is 37.6 Å². The number of piperidine rings is 1. The molecule has 2 aliphatic rings. The first-order chi connectivity index (χ1) is 17.9. The summed E-state index contributed by atoms with van der Waals surface area (Å²) in [5, 5.41) is 0. The van der Waals surface area contributed by atoms with Gasteiger partial charge in [0.1, 0.15) is 11.5 Å². The quantitative estimate of drug-likeness (QED) is 0.498. The number of Topliss-reactive ketones (excluding diaryl/α,β-unsaturated/α-hetero) is 1. The smallest absolute Gasteiger partial charge is 0.312 e. The van der Waals surface area contributed by atoms with Crippen LogP contribution in [0.5, 0.6) is 0 Å². The summed E-state index contributed by atoms with van der Waals surface area (Å²) >= 11 is 0. The number of nitrogens with zero attached hydrogens (tertiary/aromatic N) is 2. The fraction of sp³-hybridized carbons (Fsp3) is 0.519. The van der Waals surface area contributed by atoms with Crippen molar-refractivity contribution in [3.8, 4) is 0 Å². The monoisotopic (exact) mass is 551 g/mol. The summed E-state index contributed by atoms with van der Waals surface area (Å²) in [5.74, 6) is -0.848. The molecule has 0 radical (unpaired) electrons. The third-order valence-electron chi connectivity index (χ3n) is 7.56. The van der Waals surface area contributed by atoms with Crippen LogP contribution in [0.25, 0.3) is 0 Å². The van der Waals surface area contributed by atoms with Crippen molar-refractivity contribution in [3.05, 3.63) is 59.4 Å². The Kier molecular flexibility index (Phi) is 8.27. The zero-order chi connectivity index (χ0) is 27.6. The fourth-order valence-corrected chi connectivity index (χ4v) is 6.09. The second-order valence-electron chi connectivity index (χ2n) is 10.4. The molecule has 4 rings (SSSR count). The average Bonchev–Trinajstić information content (AvgIpc) is 3.34. The van der Waals surface area contributed by atoms with Gasteiger partial charge < -0.3 is 4.90 Å². The summed E-state index contributed by atoms with van der Waals surface area (Å²) in [6, 6.07) is 9.78. The molecule has 1 aromatic heterocycles. The molecule has 0 spiro atoms. The minimum Gasteiger partial charge on any atom is -0.312 e. The van der Waals surface area contributed by atoms with Crippen molar-refractivity contribution in [2.75, 3.05) is 24.2 Å². The van der Waals surface area contributed by atoms with E-state index in [1.807, 2.05) is 24.3 Å². The Morgan fingerprint density at radius 3 is 2.37 bits per heavy atom. The minimum atomic E-state index is -4.54. The van der Waals surface area contributed by atoms with Gasteiger partial charge in [0.05, 0.1) is 6.26 Å². The lowest BCUT2D eigenvalue weighted by Gasteiger charge is -2.33. The van der Waals surface area contributed by atoms with Crippen molar-refractivity contribution >= 4 is 27.4 Å². The van der Waals surface area contributed by atoms with Crippen LogP contribution in [-0.4, -0.2) is 44.4 Å². The van der Waals surface area contributed by atoms with Crippen molar-refractivity contribution < 1.29 is 31.2 Å². The number of hydrogen-bond donors (Lipinski definition) is 1. The van der Waals surface area contributed by atoms with Gasteiger partial charge in [0.2, 0.25) is 15.9 Å². The van der Waals surface area contributed by atoms with Gasteiger partial charge in [-0.2, -0.15) is 13.2 Å². The summed E-state index contributed by atoms with van der Waals surface area (Å²) in [7, 11) is -3.31. The van der Waals surface area contributed by atoms with Gasteiger partial charge in [-0.15, -0.1) is 0 Å². The molecule has 1 amide bonds. The highest BCUT2D eigenvalue weighted by Crippen LogP contribution is 2.41. The minimum absolute atomic E-state index is 0.0225. The summed E-state index contributed by atoms with van der Waals surface area (Å²) in [6.07, 6.45) is 2.74. The highest BCUT2D eigenvalue weighted by molar-refractivity contribution is 7.88. The van der Waals surface area contributed by atoms with Gasteiger partial charge in [-0.05, 0) is 55.0 Å². The summed E-state index contributed by atoms with van der Waals surface area (Å²) in [5.41, 5.74) is 0.867. The highest BCUT2D eigenvalue weighted by Gasteiger charge is 2.37. The Bertz CT molecular complexity index is 1260. The van der Waals surface area contributed by atoms with Gasteiger partial charge in [0, 0.05) is 49.1 Å². The second-order valence-corrected chi connectivity index (χ2v) is 12.3. The predicted octanol–water partition coefficient (Wildman–Crippen LogP) is 4.41. The number of anilines is 1. The number of ketones is 1. The number of pyridine rings is 1. The number of sulfonamides is 1. The molecule has 1 aliphatic carbocycles. The zero-order valence-electron chi connectivity index (χ0n) is 21.3. The molecule has 2 fully saturated rings. The van der Waals surface area contributed by atoms with Crippen LogP contribution in [0.2, 0.25) is 0 Å². The average molecular weight is 552 g/mol. The van der Waals surface area contributed by atoms with Gasteiger partial charge in [-0.25, -0.2) is 13.1 Å². The molecular formula is C27H32F3N3O4S. The first kappa shape index (κ1) is 28.2. The fourth-order valence-electron chi connectivity index (χ4n) is 5.55. The molecular weight excluding hydrogens is 519 g/mol. The van der Waals surface area contributed by atoms with Gasteiger partial charge in [-0.1, -0.05) is 31.0 Å². The Balaban J connectivity index is 1.40. The maximum atomic E-state index is 13.2. The molecule has 0 unspecified atom stereocenters. The van der Waals surface area contributed by atoms with Crippen molar-refractivity contribution in [2.24, 2.45) is 5.92 Å². The molecule has 1 saturated heterocycles. The van der Waals surface area contributed by atoms with Gasteiger partial charge in [0.25, 0.3) is 0 Å². The number of halogens is 3. The highest BCUT2D eigenvalue weighted by atomic mass is 32.2. The summed E-state index contributed by atoms with van der Waals surface area (Å²) < 4.78 is 64.2. The molecule has 1 aliphatic heterocycles. The van der Waals surface area contributed by atoms with E-state index >= 15 is 0 Å². The number of carbonyl (C=O) groups is 2.